The number of amides is 2. The molecule has 0 spiro atoms. The summed E-state index contributed by atoms with van der Waals surface area (Å²) in [7, 11) is 0. The number of nitrogens with one attached hydrogen (secondary N) is 2. The Kier molecular flexibility index (Phi) is 5.82. The van der Waals surface area contributed by atoms with Crippen LogP contribution in [0.15, 0.2) is 53.4 Å². The molecule has 0 saturated carbocycles. The molecule has 1 unspecified atom stereocenters. The Morgan fingerprint density at radius 3 is 2.22 bits per heavy atom. The van der Waals surface area contributed by atoms with Gasteiger partial charge in [0.25, 0.3) is 0 Å². The van der Waals surface area contributed by atoms with Gasteiger partial charge in [-0.2, -0.15) is 0 Å². The lowest BCUT2D eigenvalue weighted by atomic mass is 10.2. The molecule has 23 heavy (non-hydrogen) atoms. The van der Waals surface area contributed by atoms with Crippen LogP contribution in [0.4, 0.5) is 11.4 Å². The third-order valence-corrected chi connectivity index (χ3v) is 4.27. The van der Waals surface area contributed by atoms with E-state index in [2.05, 4.69) is 10.6 Å². The van der Waals surface area contributed by atoms with Crippen molar-refractivity contribution in [2.45, 2.75) is 30.9 Å². The number of hydrogen-bond acceptors (Lipinski definition) is 3. The monoisotopic (exact) mass is 328 g/mol. The first-order valence-corrected chi connectivity index (χ1v) is 8.24. The molecule has 0 aromatic heterocycles. The molecule has 0 aliphatic carbocycles. The van der Waals surface area contributed by atoms with Crippen molar-refractivity contribution in [3.8, 4) is 0 Å². The van der Waals surface area contributed by atoms with Crippen LogP contribution in [0.3, 0.4) is 0 Å². The zero-order valence-corrected chi connectivity index (χ0v) is 14.2. The van der Waals surface area contributed by atoms with Crippen LogP contribution in [0.25, 0.3) is 0 Å². The molecule has 1 atom stereocenters. The Labute approximate surface area is 140 Å². The maximum atomic E-state index is 12.3. The van der Waals surface area contributed by atoms with Crippen LogP contribution >= 0.6 is 11.8 Å². The van der Waals surface area contributed by atoms with Gasteiger partial charge in [0.1, 0.15) is 0 Å². The number of hydrogen-bond donors (Lipinski definition) is 2. The first-order valence-electron chi connectivity index (χ1n) is 7.36. The zero-order valence-electron chi connectivity index (χ0n) is 13.4. The molecule has 2 rings (SSSR count). The number of aryl methyl sites for hydroxylation is 1. The Balaban J connectivity index is 1.97. The number of carbonyl (C=O) groups is 2. The number of anilines is 2. The van der Waals surface area contributed by atoms with Gasteiger partial charge in [-0.05, 0) is 44.2 Å². The van der Waals surface area contributed by atoms with Crippen LogP contribution in [0.2, 0.25) is 0 Å². The van der Waals surface area contributed by atoms with Crippen molar-refractivity contribution in [1.82, 2.24) is 0 Å². The van der Waals surface area contributed by atoms with Crippen LogP contribution in [0.5, 0.6) is 0 Å². The van der Waals surface area contributed by atoms with Gasteiger partial charge < -0.3 is 10.6 Å². The van der Waals surface area contributed by atoms with Crippen molar-refractivity contribution >= 4 is 35.0 Å². The van der Waals surface area contributed by atoms with Crippen molar-refractivity contribution < 1.29 is 9.59 Å². The molecule has 120 valence electrons. The molecule has 0 bridgehead atoms. The first-order chi connectivity index (χ1) is 10.9. The minimum atomic E-state index is -0.220. The van der Waals surface area contributed by atoms with Crippen molar-refractivity contribution in [3.63, 3.8) is 0 Å². The normalized spacial score (nSPS) is 11.6. The smallest absolute Gasteiger partial charge is 0.237 e. The molecule has 0 radical (unpaired) electrons. The summed E-state index contributed by atoms with van der Waals surface area (Å²) in [5.41, 5.74) is 2.52. The molecular weight excluding hydrogens is 308 g/mol. The maximum absolute atomic E-state index is 12.3. The summed E-state index contributed by atoms with van der Waals surface area (Å²) >= 11 is 1.51. The van der Waals surface area contributed by atoms with Gasteiger partial charge in [0.15, 0.2) is 0 Å². The van der Waals surface area contributed by atoms with Gasteiger partial charge >= 0.3 is 0 Å². The predicted octanol–water partition coefficient (Wildman–Crippen LogP) is 4.07. The van der Waals surface area contributed by atoms with Gasteiger partial charge in [0.05, 0.1) is 5.25 Å². The molecule has 0 saturated heterocycles. The van der Waals surface area contributed by atoms with E-state index in [4.69, 9.17) is 0 Å². The summed E-state index contributed by atoms with van der Waals surface area (Å²) in [5, 5.41) is 5.35. The molecule has 0 fully saturated rings. The van der Waals surface area contributed by atoms with Crippen LogP contribution < -0.4 is 10.6 Å². The first kappa shape index (κ1) is 17.1. The quantitative estimate of drug-likeness (QED) is 0.813. The summed E-state index contributed by atoms with van der Waals surface area (Å²) in [4.78, 5) is 24.4. The molecule has 2 N–H and O–H groups in total. The van der Waals surface area contributed by atoms with Crippen molar-refractivity contribution in [2.75, 3.05) is 10.6 Å². The summed E-state index contributed by atoms with van der Waals surface area (Å²) in [6, 6.07) is 15.2. The summed E-state index contributed by atoms with van der Waals surface area (Å²) < 4.78 is 0. The minimum absolute atomic E-state index is 0.0736. The van der Waals surface area contributed by atoms with E-state index in [-0.39, 0.29) is 17.1 Å². The third kappa shape index (κ3) is 5.45. The lowest BCUT2D eigenvalue weighted by Crippen LogP contribution is -2.22. The van der Waals surface area contributed by atoms with Gasteiger partial charge in [-0.1, -0.05) is 23.8 Å². The minimum Gasteiger partial charge on any atom is -0.326 e. The molecule has 4 nitrogen and oxygen atoms in total. The van der Waals surface area contributed by atoms with Crippen LogP contribution in [0.1, 0.15) is 19.4 Å². The second kappa shape index (κ2) is 7.83. The maximum Gasteiger partial charge on any atom is 0.237 e. The molecule has 2 amide bonds. The number of carbonyl (C=O) groups excluding carboxylic acids is 2. The Hall–Kier alpha value is -2.27. The summed E-state index contributed by atoms with van der Waals surface area (Å²) in [6.07, 6.45) is 0. The van der Waals surface area contributed by atoms with Crippen molar-refractivity contribution in [3.05, 3.63) is 54.1 Å². The highest BCUT2D eigenvalue weighted by molar-refractivity contribution is 8.00. The molecule has 0 aliphatic rings. The molecule has 0 heterocycles. The van der Waals surface area contributed by atoms with Crippen LogP contribution in [-0.4, -0.2) is 17.1 Å². The van der Waals surface area contributed by atoms with Crippen LogP contribution in [-0.2, 0) is 9.59 Å². The SMILES string of the molecule is CC(=O)Nc1cccc(NC(=O)C(C)Sc2ccc(C)cc2)c1. The summed E-state index contributed by atoms with van der Waals surface area (Å²) in [6.45, 7) is 5.36. The lowest BCUT2D eigenvalue weighted by Gasteiger charge is -2.13. The Bertz CT molecular complexity index is 698. The van der Waals surface area contributed by atoms with E-state index in [1.54, 1.807) is 24.3 Å². The standard InChI is InChI=1S/C18H20N2O2S/c1-12-7-9-17(10-8-12)23-13(2)18(22)20-16-6-4-5-15(11-16)19-14(3)21/h4-11,13H,1-3H3,(H,19,21)(H,20,22). The second-order valence-corrected chi connectivity index (χ2v) is 6.74. The average Bonchev–Trinajstić information content (AvgIpc) is 2.49. The highest BCUT2D eigenvalue weighted by Crippen LogP contribution is 2.25. The number of benzene rings is 2. The Morgan fingerprint density at radius 1 is 1.00 bits per heavy atom. The van der Waals surface area contributed by atoms with Gasteiger partial charge in [-0.15, -0.1) is 11.8 Å². The van der Waals surface area contributed by atoms with E-state index >= 15 is 0 Å². The fraction of sp³-hybridized carbons (Fsp3) is 0.222. The highest BCUT2D eigenvalue weighted by atomic mass is 32.2. The number of thioether (sulfide) groups is 1. The van der Waals surface area contributed by atoms with E-state index in [0.29, 0.717) is 11.4 Å². The van der Waals surface area contributed by atoms with E-state index in [1.807, 2.05) is 38.1 Å². The van der Waals surface area contributed by atoms with Crippen LogP contribution in [0, 0.1) is 6.92 Å². The molecule has 5 heteroatoms. The van der Waals surface area contributed by atoms with Gasteiger partial charge in [-0.3, -0.25) is 9.59 Å². The Morgan fingerprint density at radius 2 is 1.61 bits per heavy atom. The molecular formula is C18H20N2O2S. The second-order valence-electron chi connectivity index (χ2n) is 5.32. The van der Waals surface area contributed by atoms with Crippen molar-refractivity contribution in [2.24, 2.45) is 0 Å². The fourth-order valence-corrected chi connectivity index (χ4v) is 2.86. The molecule has 2 aromatic rings. The van der Waals surface area contributed by atoms with Gasteiger partial charge in [0.2, 0.25) is 11.8 Å². The zero-order chi connectivity index (χ0) is 16.8. The van der Waals surface area contributed by atoms with E-state index < -0.39 is 0 Å². The lowest BCUT2D eigenvalue weighted by molar-refractivity contribution is -0.115. The third-order valence-electron chi connectivity index (χ3n) is 3.15. The average molecular weight is 328 g/mol. The summed E-state index contributed by atoms with van der Waals surface area (Å²) in [5.74, 6) is -0.215. The van der Waals surface area contributed by atoms with Crippen molar-refractivity contribution in [1.29, 1.82) is 0 Å². The topological polar surface area (TPSA) is 58.2 Å². The predicted molar refractivity (Wildman–Crippen MR) is 95.9 cm³/mol. The van der Waals surface area contributed by atoms with E-state index in [1.165, 1.54) is 24.2 Å². The molecule has 0 aliphatic heterocycles. The van der Waals surface area contributed by atoms with Gasteiger partial charge in [-0.25, -0.2) is 0 Å². The van der Waals surface area contributed by atoms with Gasteiger partial charge in [0, 0.05) is 23.2 Å². The number of rotatable bonds is 5. The van der Waals surface area contributed by atoms with E-state index in [9.17, 15) is 9.59 Å². The highest BCUT2D eigenvalue weighted by Gasteiger charge is 2.14. The largest absolute Gasteiger partial charge is 0.326 e. The fourth-order valence-electron chi connectivity index (χ4n) is 2.00. The van der Waals surface area contributed by atoms with E-state index in [0.717, 1.165) is 4.90 Å². The molecule has 2 aromatic carbocycles.